The molecule has 25 heavy (non-hydrogen) atoms. The summed E-state index contributed by atoms with van der Waals surface area (Å²) >= 11 is 0. The van der Waals surface area contributed by atoms with Crippen molar-refractivity contribution in [3.05, 3.63) is 29.8 Å². The topological polar surface area (TPSA) is 38.7 Å². The average Bonchev–Trinajstić information content (AvgIpc) is 2.44. The Morgan fingerprint density at radius 3 is 2.24 bits per heavy atom. The molecule has 0 saturated heterocycles. The van der Waals surface area contributed by atoms with Gasteiger partial charge in [-0.1, -0.05) is 18.6 Å². The van der Waals surface area contributed by atoms with E-state index in [2.05, 4.69) is 20.8 Å². The van der Waals surface area contributed by atoms with Crippen molar-refractivity contribution in [1.29, 1.82) is 0 Å². The molecule has 3 atom stereocenters. The minimum absolute atomic E-state index is 0.140. The molecule has 3 unspecified atom stereocenters. The Morgan fingerprint density at radius 2 is 1.64 bits per heavy atom. The van der Waals surface area contributed by atoms with E-state index in [9.17, 15) is 5.11 Å². The number of hydrogen-bond acceptors (Lipinski definition) is 3. The zero-order valence-corrected chi connectivity index (χ0v) is 17.1. The molecule has 3 heteroatoms. The first kappa shape index (κ1) is 20.3. The van der Waals surface area contributed by atoms with Crippen LogP contribution in [0, 0.1) is 5.92 Å². The van der Waals surface area contributed by atoms with Crippen LogP contribution in [0.3, 0.4) is 0 Å². The molecule has 1 saturated carbocycles. The number of hydrogen-bond donors (Lipinski definition) is 1. The molecule has 1 fully saturated rings. The van der Waals surface area contributed by atoms with E-state index >= 15 is 0 Å². The van der Waals surface area contributed by atoms with E-state index in [0.717, 1.165) is 37.0 Å². The molecular weight excluding hydrogens is 312 g/mol. The van der Waals surface area contributed by atoms with Gasteiger partial charge in [0.2, 0.25) is 0 Å². The van der Waals surface area contributed by atoms with Gasteiger partial charge in [-0.15, -0.1) is 0 Å². The molecule has 0 heterocycles. The highest BCUT2D eigenvalue weighted by atomic mass is 16.5. The van der Waals surface area contributed by atoms with Crippen LogP contribution in [0.4, 0.5) is 0 Å². The predicted molar refractivity (Wildman–Crippen MR) is 103 cm³/mol. The Kier molecular flexibility index (Phi) is 5.90. The first-order chi connectivity index (χ1) is 11.4. The van der Waals surface area contributed by atoms with Crippen molar-refractivity contribution < 1.29 is 14.6 Å². The van der Waals surface area contributed by atoms with Crippen LogP contribution in [0.15, 0.2) is 24.3 Å². The molecular formula is C22H36O3. The summed E-state index contributed by atoms with van der Waals surface area (Å²) in [5, 5.41) is 11.3. The second-order valence-corrected chi connectivity index (χ2v) is 9.61. The Morgan fingerprint density at radius 1 is 0.960 bits per heavy atom. The van der Waals surface area contributed by atoms with Gasteiger partial charge in [0.15, 0.2) is 0 Å². The fraction of sp³-hybridized carbons (Fsp3) is 0.727. The average molecular weight is 349 g/mol. The van der Waals surface area contributed by atoms with Gasteiger partial charge in [0, 0.05) is 0 Å². The minimum Gasteiger partial charge on any atom is -0.488 e. The van der Waals surface area contributed by atoms with Crippen LogP contribution in [0.2, 0.25) is 0 Å². The normalized spacial score (nSPS) is 24.6. The predicted octanol–water partition coefficient (Wildman–Crippen LogP) is 5.45. The fourth-order valence-corrected chi connectivity index (χ4v) is 3.73. The lowest BCUT2D eigenvalue weighted by atomic mass is 9.73. The summed E-state index contributed by atoms with van der Waals surface area (Å²) in [6.07, 6.45) is 4.33. The summed E-state index contributed by atoms with van der Waals surface area (Å²) in [5.41, 5.74) is -0.340. The van der Waals surface area contributed by atoms with Crippen LogP contribution >= 0.6 is 0 Å². The number of benzene rings is 1. The summed E-state index contributed by atoms with van der Waals surface area (Å²) in [7, 11) is 0. The van der Waals surface area contributed by atoms with Gasteiger partial charge in [-0.05, 0) is 91.3 Å². The first-order valence-corrected chi connectivity index (χ1v) is 9.56. The minimum atomic E-state index is -0.878. The van der Waals surface area contributed by atoms with Crippen LogP contribution in [0.25, 0.3) is 0 Å². The highest BCUT2D eigenvalue weighted by Crippen LogP contribution is 2.41. The van der Waals surface area contributed by atoms with Gasteiger partial charge < -0.3 is 14.6 Å². The van der Waals surface area contributed by atoms with Crippen LogP contribution in [0.5, 0.6) is 5.75 Å². The lowest BCUT2D eigenvalue weighted by Gasteiger charge is -2.41. The molecule has 1 aromatic carbocycles. The van der Waals surface area contributed by atoms with E-state index in [1.165, 1.54) is 0 Å². The van der Waals surface area contributed by atoms with E-state index in [4.69, 9.17) is 9.47 Å². The van der Waals surface area contributed by atoms with E-state index in [1.54, 1.807) is 0 Å². The third-order valence-electron chi connectivity index (χ3n) is 4.78. The van der Waals surface area contributed by atoms with Gasteiger partial charge in [0.25, 0.3) is 0 Å². The SMILES string of the molecule is CC(C)(C)Oc1cccc(C(C)(O)C2CCCC(OC(C)(C)C)C2)c1. The van der Waals surface area contributed by atoms with Gasteiger partial charge in [-0.2, -0.15) is 0 Å². The lowest BCUT2D eigenvalue weighted by Crippen LogP contribution is -2.39. The third-order valence-corrected chi connectivity index (χ3v) is 4.78. The van der Waals surface area contributed by atoms with Gasteiger partial charge in [-0.25, -0.2) is 0 Å². The molecule has 1 aromatic rings. The Balaban J connectivity index is 2.15. The molecule has 1 N–H and O–H groups in total. The summed E-state index contributed by atoms with van der Waals surface area (Å²) in [6.45, 7) is 14.3. The van der Waals surface area contributed by atoms with E-state index < -0.39 is 5.60 Å². The van der Waals surface area contributed by atoms with E-state index in [1.807, 2.05) is 52.0 Å². The fourth-order valence-electron chi connectivity index (χ4n) is 3.73. The van der Waals surface area contributed by atoms with E-state index in [-0.39, 0.29) is 23.2 Å². The Bertz CT molecular complexity index is 563. The zero-order chi connectivity index (χ0) is 18.9. The largest absolute Gasteiger partial charge is 0.488 e. The van der Waals surface area contributed by atoms with Crippen molar-refractivity contribution in [1.82, 2.24) is 0 Å². The van der Waals surface area contributed by atoms with Crippen LogP contribution in [-0.4, -0.2) is 22.4 Å². The van der Waals surface area contributed by atoms with Crippen LogP contribution < -0.4 is 4.74 Å². The van der Waals surface area contributed by atoms with Crippen molar-refractivity contribution in [2.45, 2.75) is 97.1 Å². The molecule has 0 radical (unpaired) electrons. The third kappa shape index (κ3) is 6.00. The summed E-state index contributed by atoms with van der Waals surface area (Å²) in [6, 6.07) is 7.91. The van der Waals surface area contributed by atoms with Crippen molar-refractivity contribution in [3.8, 4) is 5.75 Å². The second-order valence-electron chi connectivity index (χ2n) is 9.61. The van der Waals surface area contributed by atoms with Gasteiger partial charge in [0.05, 0.1) is 17.3 Å². The molecule has 0 aliphatic heterocycles. The maximum absolute atomic E-state index is 11.3. The highest BCUT2D eigenvalue weighted by Gasteiger charge is 2.38. The molecule has 1 aliphatic rings. The lowest BCUT2D eigenvalue weighted by molar-refractivity contribution is -0.110. The van der Waals surface area contributed by atoms with Crippen molar-refractivity contribution in [2.75, 3.05) is 0 Å². The smallest absolute Gasteiger partial charge is 0.120 e. The monoisotopic (exact) mass is 348 g/mol. The zero-order valence-electron chi connectivity index (χ0n) is 17.1. The van der Waals surface area contributed by atoms with Crippen molar-refractivity contribution in [3.63, 3.8) is 0 Å². The van der Waals surface area contributed by atoms with Gasteiger partial charge in [-0.3, -0.25) is 0 Å². The number of rotatable bonds is 4. The quantitative estimate of drug-likeness (QED) is 0.787. The Hall–Kier alpha value is -1.06. The standard InChI is InChI=1S/C22H36O3/c1-20(2,3)24-18-12-8-10-16(14-18)22(7,23)17-11-9-13-19(15-17)25-21(4,5)6/h8,10,12,14,17,19,23H,9,11,13,15H2,1-7H3. The van der Waals surface area contributed by atoms with Crippen molar-refractivity contribution in [2.24, 2.45) is 5.92 Å². The molecule has 0 spiro atoms. The first-order valence-electron chi connectivity index (χ1n) is 9.56. The molecule has 0 aromatic heterocycles. The molecule has 142 valence electrons. The molecule has 1 aliphatic carbocycles. The summed E-state index contributed by atoms with van der Waals surface area (Å²) in [5.74, 6) is 1.00. The summed E-state index contributed by atoms with van der Waals surface area (Å²) < 4.78 is 12.2. The number of ether oxygens (including phenoxy) is 2. The Labute approximate surface area is 153 Å². The molecule has 0 amide bonds. The molecule has 2 rings (SSSR count). The van der Waals surface area contributed by atoms with Gasteiger partial charge >= 0.3 is 0 Å². The maximum atomic E-state index is 11.3. The van der Waals surface area contributed by atoms with E-state index in [0.29, 0.717) is 0 Å². The molecule has 0 bridgehead atoms. The molecule has 3 nitrogen and oxygen atoms in total. The second kappa shape index (κ2) is 7.28. The maximum Gasteiger partial charge on any atom is 0.120 e. The van der Waals surface area contributed by atoms with Crippen LogP contribution in [-0.2, 0) is 10.3 Å². The number of aliphatic hydroxyl groups is 1. The highest BCUT2D eigenvalue weighted by molar-refractivity contribution is 5.33. The van der Waals surface area contributed by atoms with Crippen molar-refractivity contribution >= 4 is 0 Å². The summed E-state index contributed by atoms with van der Waals surface area (Å²) in [4.78, 5) is 0. The van der Waals surface area contributed by atoms with Gasteiger partial charge in [0.1, 0.15) is 11.4 Å². The van der Waals surface area contributed by atoms with Crippen LogP contribution in [0.1, 0.15) is 79.7 Å².